The van der Waals surface area contributed by atoms with E-state index in [-0.39, 0.29) is 12.3 Å². The standard InChI is InChI=1S/C16H15F4NO2/c1-7-11(13(18)15(20)14(19)12(7)17)16(23)21(6-22)10-5-8-2-3-9(10)4-8/h6,8-10H,2-5H2,1H3. The zero-order valence-corrected chi connectivity index (χ0v) is 12.4. The Hall–Kier alpha value is -1.92. The highest BCUT2D eigenvalue weighted by Crippen LogP contribution is 2.46. The number of halogens is 4. The van der Waals surface area contributed by atoms with Crippen LogP contribution in [-0.2, 0) is 4.79 Å². The van der Waals surface area contributed by atoms with E-state index in [1.165, 1.54) is 0 Å². The third kappa shape index (κ3) is 2.33. The van der Waals surface area contributed by atoms with Crippen LogP contribution in [0.4, 0.5) is 17.6 Å². The molecule has 2 saturated carbocycles. The largest absolute Gasteiger partial charge is 0.278 e. The first kappa shape index (κ1) is 16.0. The molecule has 2 aliphatic rings. The van der Waals surface area contributed by atoms with E-state index in [2.05, 4.69) is 0 Å². The normalized spacial score (nSPS) is 25.7. The van der Waals surface area contributed by atoms with E-state index in [9.17, 15) is 27.2 Å². The molecule has 3 atom stereocenters. The lowest BCUT2D eigenvalue weighted by molar-refractivity contribution is -0.118. The van der Waals surface area contributed by atoms with Gasteiger partial charge in [0.1, 0.15) is 0 Å². The number of carbonyl (C=O) groups is 2. The van der Waals surface area contributed by atoms with E-state index < -0.39 is 46.3 Å². The number of imide groups is 1. The molecular weight excluding hydrogens is 314 g/mol. The topological polar surface area (TPSA) is 37.4 Å². The van der Waals surface area contributed by atoms with E-state index in [1.54, 1.807) is 0 Å². The van der Waals surface area contributed by atoms with Crippen molar-refractivity contribution in [3.8, 4) is 0 Å². The van der Waals surface area contributed by atoms with Crippen molar-refractivity contribution in [2.24, 2.45) is 11.8 Å². The molecule has 2 bridgehead atoms. The summed E-state index contributed by atoms with van der Waals surface area (Å²) in [5.41, 5.74) is -1.56. The predicted molar refractivity (Wildman–Crippen MR) is 72.5 cm³/mol. The molecule has 0 saturated heterocycles. The van der Waals surface area contributed by atoms with Crippen molar-refractivity contribution in [1.29, 1.82) is 0 Å². The van der Waals surface area contributed by atoms with Crippen LogP contribution in [0.2, 0.25) is 0 Å². The molecule has 0 aliphatic heterocycles. The lowest BCUT2D eigenvalue weighted by atomic mass is 9.93. The number of hydrogen-bond acceptors (Lipinski definition) is 2. The third-order valence-corrected chi connectivity index (χ3v) is 5.12. The summed E-state index contributed by atoms with van der Waals surface area (Å²) in [6, 6.07) is -0.395. The van der Waals surface area contributed by atoms with Gasteiger partial charge in [-0.25, -0.2) is 17.6 Å². The number of nitrogens with zero attached hydrogens (tertiary/aromatic N) is 1. The number of amides is 2. The Morgan fingerprint density at radius 1 is 1.04 bits per heavy atom. The highest BCUT2D eigenvalue weighted by Gasteiger charge is 2.45. The van der Waals surface area contributed by atoms with E-state index in [1.807, 2.05) is 0 Å². The minimum absolute atomic E-state index is 0.132. The van der Waals surface area contributed by atoms with Gasteiger partial charge < -0.3 is 0 Å². The minimum atomic E-state index is -2.05. The zero-order valence-electron chi connectivity index (χ0n) is 12.4. The summed E-state index contributed by atoms with van der Waals surface area (Å²) >= 11 is 0. The number of hydrogen-bond donors (Lipinski definition) is 0. The van der Waals surface area contributed by atoms with Gasteiger partial charge in [0, 0.05) is 11.6 Å². The average molecular weight is 329 g/mol. The van der Waals surface area contributed by atoms with Crippen LogP contribution in [0.5, 0.6) is 0 Å². The van der Waals surface area contributed by atoms with Gasteiger partial charge in [0.25, 0.3) is 5.91 Å². The highest BCUT2D eigenvalue weighted by molar-refractivity contribution is 6.01. The van der Waals surface area contributed by atoms with Crippen molar-refractivity contribution in [1.82, 2.24) is 4.90 Å². The first-order chi connectivity index (χ1) is 10.9. The van der Waals surface area contributed by atoms with Gasteiger partial charge in [-0.15, -0.1) is 0 Å². The molecular formula is C16H15F4NO2. The maximum atomic E-state index is 14.0. The smallest absolute Gasteiger partial charge is 0.263 e. The van der Waals surface area contributed by atoms with Gasteiger partial charge in [0.15, 0.2) is 23.3 Å². The molecule has 7 heteroatoms. The summed E-state index contributed by atoms with van der Waals surface area (Å²) in [4.78, 5) is 24.7. The Morgan fingerprint density at radius 3 is 2.22 bits per heavy atom. The van der Waals surface area contributed by atoms with Gasteiger partial charge in [0.2, 0.25) is 6.41 Å². The molecule has 3 unspecified atom stereocenters. The number of benzene rings is 1. The molecule has 124 valence electrons. The second-order valence-corrected chi connectivity index (χ2v) is 6.32. The summed E-state index contributed by atoms with van der Waals surface area (Å²) in [5, 5.41) is 0. The summed E-state index contributed by atoms with van der Waals surface area (Å²) < 4.78 is 54.3. The fourth-order valence-electron chi connectivity index (χ4n) is 3.95. The van der Waals surface area contributed by atoms with E-state index >= 15 is 0 Å². The average Bonchev–Trinajstić information content (AvgIpc) is 3.15. The Balaban J connectivity index is 2.01. The van der Waals surface area contributed by atoms with Gasteiger partial charge in [-0.1, -0.05) is 6.42 Å². The van der Waals surface area contributed by atoms with Crippen molar-refractivity contribution in [3.63, 3.8) is 0 Å². The molecule has 0 aromatic heterocycles. The Morgan fingerprint density at radius 2 is 1.70 bits per heavy atom. The monoisotopic (exact) mass is 329 g/mol. The molecule has 1 aromatic rings. The quantitative estimate of drug-likeness (QED) is 0.369. The van der Waals surface area contributed by atoms with Gasteiger partial charge in [-0.3, -0.25) is 14.5 Å². The molecule has 3 rings (SSSR count). The molecule has 3 nitrogen and oxygen atoms in total. The SMILES string of the molecule is Cc1c(F)c(F)c(F)c(F)c1C(=O)N(C=O)C1CC2CCC1C2. The Labute approximate surface area is 130 Å². The van der Waals surface area contributed by atoms with Gasteiger partial charge >= 0.3 is 0 Å². The molecule has 0 heterocycles. The van der Waals surface area contributed by atoms with Crippen LogP contribution in [0.25, 0.3) is 0 Å². The van der Waals surface area contributed by atoms with Crippen molar-refractivity contribution in [3.05, 3.63) is 34.4 Å². The molecule has 23 heavy (non-hydrogen) atoms. The molecule has 2 aliphatic carbocycles. The van der Waals surface area contributed by atoms with E-state index in [4.69, 9.17) is 0 Å². The summed E-state index contributed by atoms with van der Waals surface area (Å²) in [6.45, 7) is 0.984. The predicted octanol–water partition coefficient (Wildman–Crippen LogP) is 3.34. The van der Waals surface area contributed by atoms with Crippen molar-refractivity contribution < 1.29 is 27.2 Å². The van der Waals surface area contributed by atoms with Crippen LogP contribution < -0.4 is 0 Å². The molecule has 0 N–H and O–H groups in total. The number of carbonyl (C=O) groups excluding carboxylic acids is 2. The molecule has 0 radical (unpaired) electrons. The number of fused-ring (bicyclic) bond motifs is 2. The summed E-state index contributed by atoms with van der Waals surface area (Å²) in [6.07, 6.45) is 3.65. The second-order valence-electron chi connectivity index (χ2n) is 6.32. The Kier molecular flexibility index (Phi) is 3.90. The van der Waals surface area contributed by atoms with Crippen LogP contribution in [0, 0.1) is 42.0 Å². The van der Waals surface area contributed by atoms with Crippen LogP contribution in [0.1, 0.15) is 41.6 Å². The fraction of sp³-hybridized carbons (Fsp3) is 0.500. The first-order valence-electron chi connectivity index (χ1n) is 7.47. The molecule has 1 aromatic carbocycles. The first-order valence-corrected chi connectivity index (χ1v) is 7.47. The molecule has 0 spiro atoms. The fourth-order valence-corrected chi connectivity index (χ4v) is 3.95. The maximum Gasteiger partial charge on any atom is 0.263 e. The molecule has 2 fully saturated rings. The maximum absolute atomic E-state index is 14.0. The van der Waals surface area contributed by atoms with E-state index in [0.29, 0.717) is 12.3 Å². The van der Waals surface area contributed by atoms with E-state index in [0.717, 1.165) is 31.1 Å². The third-order valence-electron chi connectivity index (χ3n) is 5.12. The van der Waals surface area contributed by atoms with Crippen molar-refractivity contribution >= 4 is 12.3 Å². The van der Waals surface area contributed by atoms with Crippen LogP contribution in [0.3, 0.4) is 0 Å². The van der Waals surface area contributed by atoms with Crippen molar-refractivity contribution in [2.45, 2.75) is 38.6 Å². The lowest BCUT2D eigenvalue weighted by Crippen LogP contribution is -2.43. The zero-order chi connectivity index (χ0) is 16.9. The summed E-state index contributed by atoms with van der Waals surface area (Å²) in [7, 11) is 0. The van der Waals surface area contributed by atoms with Gasteiger partial charge in [-0.2, -0.15) is 0 Å². The van der Waals surface area contributed by atoms with Crippen molar-refractivity contribution in [2.75, 3.05) is 0 Å². The highest BCUT2D eigenvalue weighted by atomic mass is 19.2. The van der Waals surface area contributed by atoms with Crippen LogP contribution in [0.15, 0.2) is 0 Å². The lowest BCUT2D eigenvalue weighted by Gasteiger charge is -2.30. The molecule has 2 amide bonds. The summed E-state index contributed by atoms with van der Waals surface area (Å²) in [5.74, 6) is -7.97. The number of rotatable bonds is 3. The second kappa shape index (κ2) is 5.62. The van der Waals surface area contributed by atoms with Crippen LogP contribution >= 0.6 is 0 Å². The Bertz CT molecular complexity index is 662. The van der Waals surface area contributed by atoms with Crippen LogP contribution in [-0.4, -0.2) is 23.3 Å². The van der Waals surface area contributed by atoms with Gasteiger partial charge in [-0.05, 0) is 38.0 Å². The van der Waals surface area contributed by atoms with Gasteiger partial charge in [0.05, 0.1) is 5.56 Å². The minimum Gasteiger partial charge on any atom is -0.278 e.